The Bertz CT molecular complexity index is 1560. The van der Waals surface area contributed by atoms with Crippen molar-refractivity contribution in [3.8, 4) is 0 Å². The lowest BCUT2D eigenvalue weighted by Crippen LogP contribution is -2.07. The molecule has 0 heterocycles. The van der Waals surface area contributed by atoms with Gasteiger partial charge in [-0.2, -0.15) is 17.9 Å². The molecule has 3 aromatic rings. The van der Waals surface area contributed by atoms with Crippen LogP contribution in [0.5, 0.6) is 0 Å². The summed E-state index contributed by atoms with van der Waals surface area (Å²) in [6, 6.07) is 13.5. The molecule has 3 rings (SSSR count). The summed E-state index contributed by atoms with van der Waals surface area (Å²) >= 11 is -0.662. The zero-order valence-corrected chi connectivity index (χ0v) is 26.0. The molecule has 1 atom stereocenters. The van der Waals surface area contributed by atoms with E-state index in [0.29, 0.717) is 28.3 Å². The van der Waals surface area contributed by atoms with Crippen molar-refractivity contribution in [2.45, 2.75) is 29.0 Å². The SMILES string of the molecule is C.CN.Cc1ccc(N=Nc2ccc(N)c(N=Nc3ccc(SOOCCS(=O)OOO)cc3S(=O)(=O)O)c2)c(SOOO)c1. The van der Waals surface area contributed by atoms with Crippen molar-refractivity contribution >= 4 is 73.7 Å². The second-order valence-corrected chi connectivity index (χ2v) is 11.6. The Kier molecular flexibility index (Phi) is 18.7. The number of hydrogen-bond donors (Lipinski definition) is 5. The Labute approximate surface area is 269 Å². The minimum atomic E-state index is -4.74. The highest BCUT2D eigenvalue weighted by atomic mass is 32.2. The van der Waals surface area contributed by atoms with Crippen LogP contribution in [0, 0.1) is 6.92 Å². The average molecular weight is 711 g/mol. The zero-order valence-electron chi connectivity index (χ0n) is 22.7. The van der Waals surface area contributed by atoms with Crippen LogP contribution in [0.4, 0.5) is 28.4 Å². The van der Waals surface area contributed by atoms with Gasteiger partial charge in [-0.3, -0.25) is 4.55 Å². The number of anilines is 1. The molecular weight excluding hydrogens is 681 g/mol. The minimum absolute atomic E-state index is 0. The molecule has 3 aromatic carbocycles. The first-order chi connectivity index (χ1) is 21.1. The van der Waals surface area contributed by atoms with Gasteiger partial charge in [0.25, 0.3) is 10.1 Å². The van der Waals surface area contributed by atoms with E-state index in [1.807, 2.05) is 6.92 Å². The predicted octanol–water partition coefficient (Wildman–Crippen LogP) is 6.33. The highest BCUT2D eigenvalue weighted by Gasteiger charge is 2.17. The van der Waals surface area contributed by atoms with Gasteiger partial charge in [-0.25, -0.2) is 19.6 Å². The van der Waals surface area contributed by atoms with Crippen molar-refractivity contribution in [2.24, 2.45) is 26.2 Å². The Balaban J connectivity index is 0.00000331. The standard InChI is InChI=1S/C21H21N5O12S4.CH5N.CH4/c1-13-2-6-17(20(10-13)40-37-34-27)24-23-14-3-5-16(22)19(11-14)26-25-18-7-4-15(12-21(18)42(30,31)32)39-36-33-8-9-41(29)38-35-28;1-2;/h2-7,10-12,27-28H,8-9,22H2,1H3,(H,30,31,32);2H2,1H3;1H4. The van der Waals surface area contributed by atoms with Gasteiger partial charge in [-0.1, -0.05) is 23.6 Å². The summed E-state index contributed by atoms with van der Waals surface area (Å²) in [4.78, 5) is 4.89. The Morgan fingerprint density at radius 2 is 1.56 bits per heavy atom. The summed E-state index contributed by atoms with van der Waals surface area (Å²) in [6.07, 6.45) is 0. The van der Waals surface area contributed by atoms with E-state index >= 15 is 0 Å². The normalized spacial score (nSPS) is 12.1. The van der Waals surface area contributed by atoms with E-state index in [0.717, 1.165) is 23.7 Å². The third kappa shape index (κ3) is 13.9. The van der Waals surface area contributed by atoms with Crippen LogP contribution in [0.25, 0.3) is 0 Å². The molecule has 0 amide bonds. The van der Waals surface area contributed by atoms with Crippen molar-refractivity contribution in [3.05, 3.63) is 60.2 Å². The third-order valence-corrected chi connectivity index (χ3v) is 7.49. The highest BCUT2D eigenvalue weighted by molar-refractivity contribution is 7.95. The van der Waals surface area contributed by atoms with E-state index in [4.69, 9.17) is 25.5 Å². The summed E-state index contributed by atoms with van der Waals surface area (Å²) in [5, 5.41) is 39.6. The number of aryl methyl sites for hydroxylation is 1. The van der Waals surface area contributed by atoms with E-state index in [-0.39, 0.29) is 41.7 Å². The maximum absolute atomic E-state index is 12.0. The molecule has 0 spiro atoms. The molecule has 0 aromatic heterocycles. The Morgan fingerprint density at radius 1 is 0.867 bits per heavy atom. The second kappa shape index (κ2) is 21.0. The molecule has 0 aliphatic carbocycles. The van der Waals surface area contributed by atoms with Crippen LogP contribution in [0.2, 0.25) is 0 Å². The van der Waals surface area contributed by atoms with Crippen LogP contribution in [-0.4, -0.2) is 47.1 Å². The third-order valence-electron chi connectivity index (χ3n) is 4.65. The highest BCUT2D eigenvalue weighted by Crippen LogP contribution is 2.36. The first-order valence-corrected chi connectivity index (χ1v) is 15.8. The summed E-state index contributed by atoms with van der Waals surface area (Å²) in [5.41, 5.74) is 12.2. The van der Waals surface area contributed by atoms with Crippen LogP contribution < -0.4 is 11.5 Å². The predicted molar refractivity (Wildman–Crippen MR) is 165 cm³/mol. The van der Waals surface area contributed by atoms with E-state index < -0.39 is 26.1 Å². The fraction of sp³-hybridized carbons (Fsp3) is 0.217. The van der Waals surface area contributed by atoms with Crippen LogP contribution in [-0.2, 0) is 49.2 Å². The first kappa shape index (κ1) is 40.1. The molecule has 248 valence electrons. The van der Waals surface area contributed by atoms with Gasteiger partial charge in [-0.05, 0) is 68.1 Å². The van der Waals surface area contributed by atoms with E-state index in [1.54, 1.807) is 24.3 Å². The molecule has 7 N–H and O–H groups in total. The van der Waals surface area contributed by atoms with Crippen LogP contribution >= 0.6 is 24.1 Å². The van der Waals surface area contributed by atoms with Crippen molar-refractivity contribution in [2.75, 3.05) is 25.1 Å². The second-order valence-electron chi connectivity index (χ2n) is 7.57. The van der Waals surface area contributed by atoms with Crippen LogP contribution in [0.15, 0.2) is 89.7 Å². The van der Waals surface area contributed by atoms with Crippen molar-refractivity contribution in [3.63, 3.8) is 0 Å². The van der Waals surface area contributed by atoms with Gasteiger partial charge in [-0.15, -0.1) is 24.0 Å². The molecule has 18 nitrogen and oxygen atoms in total. The Hall–Kier alpha value is -2.94. The molecule has 0 radical (unpaired) electrons. The molecule has 0 saturated heterocycles. The van der Waals surface area contributed by atoms with Gasteiger partial charge in [0.15, 0.2) is 11.1 Å². The van der Waals surface area contributed by atoms with E-state index in [2.05, 4.69) is 44.9 Å². The number of nitrogens with zero attached hydrogens (tertiary/aromatic N) is 4. The minimum Gasteiger partial charge on any atom is -0.397 e. The fourth-order valence-corrected chi connectivity index (χ4v) is 4.91. The van der Waals surface area contributed by atoms with Gasteiger partial charge in [0.2, 0.25) is 0 Å². The quantitative estimate of drug-likeness (QED) is 0.0206. The van der Waals surface area contributed by atoms with E-state index in [9.17, 15) is 17.2 Å². The zero-order chi connectivity index (χ0) is 32.5. The molecule has 45 heavy (non-hydrogen) atoms. The fourth-order valence-electron chi connectivity index (χ4n) is 2.83. The molecule has 22 heteroatoms. The maximum Gasteiger partial charge on any atom is 0.296 e. The molecule has 0 aliphatic rings. The number of nitrogen functional groups attached to an aromatic ring is 1. The van der Waals surface area contributed by atoms with Gasteiger partial charge in [0.05, 0.1) is 52.7 Å². The lowest BCUT2D eigenvalue weighted by molar-refractivity contribution is -0.435. The number of nitrogens with two attached hydrogens (primary N) is 2. The molecule has 0 saturated carbocycles. The van der Waals surface area contributed by atoms with Gasteiger partial charge in [0, 0.05) is 4.90 Å². The lowest BCUT2D eigenvalue weighted by atomic mass is 10.2. The van der Waals surface area contributed by atoms with Crippen molar-refractivity contribution < 1.29 is 55.7 Å². The van der Waals surface area contributed by atoms with Crippen molar-refractivity contribution in [1.29, 1.82) is 0 Å². The molecule has 0 aliphatic heterocycles. The summed E-state index contributed by atoms with van der Waals surface area (Å²) < 4.78 is 58.1. The van der Waals surface area contributed by atoms with E-state index in [1.165, 1.54) is 31.3 Å². The number of hydrogen-bond acceptors (Lipinski definition) is 19. The number of benzene rings is 3. The van der Waals surface area contributed by atoms with Crippen LogP contribution in [0.1, 0.15) is 13.0 Å². The number of rotatable bonds is 16. The molecular formula is C23H30N6O12S4. The van der Waals surface area contributed by atoms with Gasteiger partial charge in [0.1, 0.15) is 22.0 Å². The smallest absolute Gasteiger partial charge is 0.296 e. The summed E-state index contributed by atoms with van der Waals surface area (Å²) in [5.74, 6) is -0.205. The lowest BCUT2D eigenvalue weighted by Gasteiger charge is -2.06. The van der Waals surface area contributed by atoms with Gasteiger partial charge >= 0.3 is 0 Å². The summed E-state index contributed by atoms with van der Waals surface area (Å²) in [6.45, 7) is 1.63. The van der Waals surface area contributed by atoms with Crippen LogP contribution in [0.3, 0.4) is 0 Å². The largest absolute Gasteiger partial charge is 0.397 e. The van der Waals surface area contributed by atoms with Crippen molar-refractivity contribution in [1.82, 2.24) is 0 Å². The average Bonchev–Trinajstić information content (AvgIpc) is 3.00. The summed E-state index contributed by atoms with van der Waals surface area (Å²) in [7, 11) is -3.24. The monoisotopic (exact) mass is 710 g/mol. The molecule has 0 bridgehead atoms. The Morgan fingerprint density at radius 3 is 2.24 bits per heavy atom. The topological polar surface area (TPSA) is 269 Å². The number of azo groups is 2. The molecule has 0 fully saturated rings. The first-order valence-electron chi connectivity index (χ1n) is 11.6. The maximum atomic E-state index is 12.0. The molecule has 1 unspecified atom stereocenters. The van der Waals surface area contributed by atoms with Gasteiger partial charge < -0.3 is 11.5 Å².